The lowest BCUT2D eigenvalue weighted by Crippen LogP contribution is -2.13. The highest BCUT2D eigenvalue weighted by molar-refractivity contribution is 6.35. The van der Waals surface area contributed by atoms with Gasteiger partial charge in [0, 0.05) is 57.9 Å². The number of fused-ring (bicyclic) bond motifs is 1. The van der Waals surface area contributed by atoms with Crippen molar-refractivity contribution in [3.8, 4) is 11.5 Å². The van der Waals surface area contributed by atoms with Crippen LogP contribution in [0.4, 0.5) is 13.2 Å². The molecule has 0 radical (unpaired) electrons. The SMILES string of the molecule is Cn1c(C(F)(F)F)c(Cc2ccc(Cl)cc2Cl)c2cc(C(=O)c3cnc(-c4ccncc4)o3)ccc21. The summed E-state index contributed by atoms with van der Waals surface area (Å²) in [5.41, 5.74) is 0.811. The molecule has 0 aliphatic heterocycles. The fourth-order valence-corrected chi connectivity index (χ4v) is 4.68. The molecule has 0 fully saturated rings. The van der Waals surface area contributed by atoms with E-state index < -0.39 is 17.7 Å². The van der Waals surface area contributed by atoms with Crippen LogP contribution in [0.25, 0.3) is 22.4 Å². The van der Waals surface area contributed by atoms with E-state index in [0.29, 0.717) is 21.7 Å². The van der Waals surface area contributed by atoms with Gasteiger partial charge in [-0.2, -0.15) is 13.2 Å². The van der Waals surface area contributed by atoms with Gasteiger partial charge in [0.25, 0.3) is 0 Å². The predicted molar refractivity (Wildman–Crippen MR) is 130 cm³/mol. The second-order valence-electron chi connectivity index (χ2n) is 8.12. The zero-order chi connectivity index (χ0) is 25.6. The van der Waals surface area contributed by atoms with Crippen LogP contribution in [-0.4, -0.2) is 20.3 Å². The fourth-order valence-electron chi connectivity index (χ4n) is 4.21. The lowest BCUT2D eigenvalue weighted by atomic mass is 9.99. The van der Waals surface area contributed by atoms with Crippen LogP contribution in [0.15, 0.2) is 71.5 Å². The molecule has 5 nitrogen and oxygen atoms in total. The van der Waals surface area contributed by atoms with E-state index in [9.17, 15) is 18.0 Å². The van der Waals surface area contributed by atoms with Gasteiger partial charge < -0.3 is 8.98 Å². The van der Waals surface area contributed by atoms with Crippen LogP contribution in [0.2, 0.25) is 10.0 Å². The molecule has 0 spiro atoms. The molecule has 0 saturated carbocycles. The second kappa shape index (κ2) is 9.11. The highest BCUT2D eigenvalue weighted by Crippen LogP contribution is 2.40. The van der Waals surface area contributed by atoms with Gasteiger partial charge in [0.15, 0.2) is 5.76 Å². The normalized spacial score (nSPS) is 11.8. The van der Waals surface area contributed by atoms with Crippen molar-refractivity contribution >= 4 is 39.9 Å². The zero-order valence-corrected chi connectivity index (χ0v) is 20.1. The van der Waals surface area contributed by atoms with Crippen molar-refractivity contribution in [2.24, 2.45) is 7.05 Å². The van der Waals surface area contributed by atoms with Crippen LogP contribution in [0.1, 0.15) is 32.9 Å². The first-order valence-corrected chi connectivity index (χ1v) is 11.4. The molecular weight excluding hydrogens is 514 g/mol. The van der Waals surface area contributed by atoms with Crippen LogP contribution in [0.3, 0.4) is 0 Å². The number of nitrogens with zero attached hydrogens (tertiary/aromatic N) is 3. The second-order valence-corrected chi connectivity index (χ2v) is 8.97. The van der Waals surface area contributed by atoms with Gasteiger partial charge in [-0.1, -0.05) is 29.3 Å². The molecule has 0 aliphatic carbocycles. The minimum atomic E-state index is -4.63. The van der Waals surface area contributed by atoms with Crippen LogP contribution in [0, 0.1) is 0 Å². The molecule has 10 heteroatoms. The molecule has 0 atom stereocenters. The molecule has 3 heterocycles. The largest absolute Gasteiger partial charge is 0.433 e. The summed E-state index contributed by atoms with van der Waals surface area (Å²) in [6.07, 6.45) is -0.304. The van der Waals surface area contributed by atoms with Crippen molar-refractivity contribution in [1.82, 2.24) is 14.5 Å². The number of hydrogen-bond donors (Lipinski definition) is 0. The van der Waals surface area contributed by atoms with Gasteiger partial charge >= 0.3 is 6.18 Å². The Morgan fingerprint density at radius 1 is 1.06 bits per heavy atom. The Kier molecular flexibility index (Phi) is 6.10. The third kappa shape index (κ3) is 4.38. The van der Waals surface area contributed by atoms with Crippen LogP contribution < -0.4 is 0 Å². The van der Waals surface area contributed by atoms with Gasteiger partial charge in [0.1, 0.15) is 5.69 Å². The van der Waals surface area contributed by atoms with Gasteiger partial charge in [-0.05, 0) is 53.6 Å². The molecule has 0 aliphatic rings. The number of hydrogen-bond acceptors (Lipinski definition) is 4. The molecule has 3 aromatic heterocycles. The summed E-state index contributed by atoms with van der Waals surface area (Å²) in [5.74, 6) is -0.299. The lowest BCUT2D eigenvalue weighted by molar-refractivity contribution is -0.143. The number of halogens is 5. The summed E-state index contributed by atoms with van der Waals surface area (Å²) >= 11 is 12.2. The maximum Gasteiger partial charge on any atom is 0.431 e. The molecule has 0 amide bonds. The van der Waals surface area contributed by atoms with Gasteiger partial charge in [-0.3, -0.25) is 9.78 Å². The van der Waals surface area contributed by atoms with Crippen LogP contribution in [0.5, 0.6) is 0 Å². The average molecular weight is 530 g/mol. The lowest BCUT2D eigenvalue weighted by Gasteiger charge is -2.12. The van der Waals surface area contributed by atoms with Crippen LogP contribution >= 0.6 is 23.2 Å². The number of rotatable bonds is 5. The van der Waals surface area contributed by atoms with Crippen molar-refractivity contribution < 1.29 is 22.4 Å². The highest BCUT2D eigenvalue weighted by atomic mass is 35.5. The first kappa shape index (κ1) is 24.1. The molecule has 5 aromatic rings. The van der Waals surface area contributed by atoms with E-state index in [2.05, 4.69) is 9.97 Å². The number of aromatic nitrogens is 3. The molecule has 36 heavy (non-hydrogen) atoms. The molecule has 0 N–H and O–H groups in total. The maximum atomic E-state index is 14.1. The summed E-state index contributed by atoms with van der Waals surface area (Å²) in [7, 11) is 1.34. The van der Waals surface area contributed by atoms with Crippen molar-refractivity contribution in [2.45, 2.75) is 12.6 Å². The molecule has 0 saturated heterocycles. The Balaban J connectivity index is 1.60. The molecule has 0 unspecified atom stereocenters. The smallest absolute Gasteiger partial charge is 0.431 e. The predicted octanol–water partition coefficient (Wildman–Crippen LogP) is 7.38. The number of benzene rings is 2. The summed E-state index contributed by atoms with van der Waals surface area (Å²) in [5, 5.41) is 0.921. The van der Waals surface area contributed by atoms with E-state index in [1.807, 2.05) is 0 Å². The van der Waals surface area contributed by atoms with Gasteiger partial charge in [0.2, 0.25) is 11.7 Å². The minimum absolute atomic E-state index is 0.00826. The quantitative estimate of drug-likeness (QED) is 0.223. The van der Waals surface area contributed by atoms with Crippen molar-refractivity contribution in [1.29, 1.82) is 0 Å². The van der Waals surface area contributed by atoms with Crippen molar-refractivity contribution in [3.63, 3.8) is 0 Å². The summed E-state index contributed by atoms with van der Waals surface area (Å²) in [6, 6.07) is 12.4. The Bertz CT molecular complexity index is 1610. The number of carbonyl (C=O) groups excluding carboxylic acids is 1. The zero-order valence-electron chi connectivity index (χ0n) is 18.6. The van der Waals surface area contributed by atoms with E-state index in [0.717, 1.165) is 4.57 Å². The van der Waals surface area contributed by atoms with Crippen molar-refractivity contribution in [2.75, 3.05) is 0 Å². The van der Waals surface area contributed by atoms with E-state index in [1.54, 1.807) is 36.7 Å². The molecule has 182 valence electrons. The summed E-state index contributed by atoms with van der Waals surface area (Å²) in [6.45, 7) is 0. The van der Waals surface area contributed by atoms with E-state index >= 15 is 0 Å². The molecule has 0 bridgehead atoms. The Morgan fingerprint density at radius 2 is 1.81 bits per heavy atom. The highest BCUT2D eigenvalue weighted by Gasteiger charge is 2.38. The number of ketones is 1. The fraction of sp³-hybridized carbons (Fsp3) is 0.115. The third-order valence-electron chi connectivity index (χ3n) is 5.87. The number of aryl methyl sites for hydroxylation is 1. The minimum Gasteiger partial charge on any atom is -0.433 e. The standard InChI is InChI=1S/C26H16Cl2F3N3O2/c1-34-21-5-3-16(23(35)22-13-33-25(36-22)14-6-8-32-9-7-14)11-18(21)19(24(34)26(29,30)31)10-15-2-4-17(27)12-20(15)28/h2-9,11-13H,10H2,1H3. The van der Waals surface area contributed by atoms with Gasteiger partial charge in [-0.25, -0.2) is 4.98 Å². The van der Waals surface area contributed by atoms with Gasteiger partial charge in [0.05, 0.1) is 6.20 Å². The first-order valence-electron chi connectivity index (χ1n) is 10.7. The molecule has 2 aromatic carbocycles. The van der Waals surface area contributed by atoms with E-state index in [-0.39, 0.29) is 39.6 Å². The Hall–Kier alpha value is -3.62. The summed E-state index contributed by atoms with van der Waals surface area (Å²) in [4.78, 5) is 21.2. The van der Waals surface area contributed by atoms with Crippen LogP contribution in [-0.2, 0) is 19.6 Å². The Labute approximate surface area is 213 Å². The first-order chi connectivity index (χ1) is 17.1. The third-order valence-corrected chi connectivity index (χ3v) is 6.46. The van der Waals surface area contributed by atoms with Crippen molar-refractivity contribution in [3.05, 3.63) is 105 Å². The van der Waals surface area contributed by atoms with Gasteiger partial charge in [-0.15, -0.1) is 0 Å². The van der Waals surface area contributed by atoms with E-state index in [1.165, 1.54) is 37.5 Å². The monoisotopic (exact) mass is 529 g/mol. The summed E-state index contributed by atoms with van der Waals surface area (Å²) < 4.78 is 49.1. The Morgan fingerprint density at radius 3 is 2.50 bits per heavy atom. The number of pyridine rings is 1. The number of alkyl halides is 3. The van der Waals surface area contributed by atoms with E-state index in [4.69, 9.17) is 27.6 Å². The maximum absolute atomic E-state index is 14.1. The molecule has 5 rings (SSSR count). The topological polar surface area (TPSA) is 60.9 Å². The average Bonchev–Trinajstić information content (AvgIpc) is 3.44. The number of oxazole rings is 1. The molecular formula is C26H16Cl2F3N3O2. The number of carbonyl (C=O) groups is 1.